The molecule has 0 aliphatic heterocycles. The van der Waals surface area contributed by atoms with Gasteiger partial charge >= 0.3 is 0 Å². The molecule has 0 saturated carbocycles. The number of ketones is 1. The van der Waals surface area contributed by atoms with Gasteiger partial charge in [0.2, 0.25) is 0 Å². The summed E-state index contributed by atoms with van der Waals surface area (Å²) in [7, 11) is 0. The third-order valence-corrected chi connectivity index (χ3v) is 12.0. The summed E-state index contributed by atoms with van der Waals surface area (Å²) in [6.45, 7) is 25.6. The minimum atomic E-state index is -0.337. The maximum absolute atomic E-state index is 12.2. The predicted molar refractivity (Wildman–Crippen MR) is 220 cm³/mol. The summed E-state index contributed by atoms with van der Waals surface area (Å²) in [4.78, 5) is 17.1. The topological polar surface area (TPSA) is 63.3 Å². The molecule has 6 rings (SSSR count). The third kappa shape index (κ3) is 8.18. The number of pyridine rings is 1. The van der Waals surface area contributed by atoms with Gasteiger partial charge in [-0.3, -0.25) is 9.78 Å². The number of aliphatic hydroxyl groups is 1. The summed E-state index contributed by atoms with van der Waals surface area (Å²) < 4.78 is 6.37. The molecule has 1 aliphatic rings. The summed E-state index contributed by atoms with van der Waals surface area (Å²) in [5.41, 5.74) is 8.27. The quantitative estimate of drug-likeness (QED) is 0.0910. The second kappa shape index (κ2) is 15.9. The van der Waals surface area contributed by atoms with Crippen LogP contribution < -0.4 is 0 Å². The number of hydrogen-bond donors (Lipinski definition) is 1. The van der Waals surface area contributed by atoms with Gasteiger partial charge < -0.3 is 9.52 Å². The molecule has 1 aliphatic carbocycles. The second-order valence-corrected chi connectivity index (χ2v) is 16.8. The summed E-state index contributed by atoms with van der Waals surface area (Å²) >= 11 is 0. The van der Waals surface area contributed by atoms with E-state index >= 15 is 0 Å². The fraction of sp³-hybridized carbons (Fsp3) is 0.417. The normalized spacial score (nSPS) is 14.3. The molecule has 0 bridgehead atoms. The SMILES string of the molecule is CCC(C)(CC)C(=O)/C=C(\O)C(C)(CC)CC.Cc1ccc2cc(C3=Cc4ccnc(-c5[c-]c6ccccc6c(C(C)(C)C)c5)c4C3(C)C)oc2c1.[Ir]. The maximum Gasteiger partial charge on any atom is 0.164 e. The van der Waals surface area contributed by atoms with Gasteiger partial charge in [-0.1, -0.05) is 117 Å². The Morgan fingerprint density at radius 2 is 1.53 bits per heavy atom. The van der Waals surface area contributed by atoms with Crippen molar-refractivity contribution in [3.63, 3.8) is 0 Å². The van der Waals surface area contributed by atoms with E-state index in [2.05, 4.69) is 114 Å². The fourth-order valence-corrected chi connectivity index (χ4v) is 7.24. The molecule has 1 N–H and O–H groups in total. The van der Waals surface area contributed by atoms with Crippen LogP contribution in [0.2, 0.25) is 0 Å². The summed E-state index contributed by atoms with van der Waals surface area (Å²) in [5.74, 6) is 1.21. The van der Waals surface area contributed by atoms with Crippen LogP contribution in [0, 0.1) is 23.8 Å². The van der Waals surface area contributed by atoms with Crippen molar-refractivity contribution in [2.24, 2.45) is 10.8 Å². The van der Waals surface area contributed by atoms with Crippen molar-refractivity contribution < 1.29 is 34.4 Å². The number of allylic oxidation sites excluding steroid dienone is 3. The van der Waals surface area contributed by atoms with Crippen LogP contribution in [0.1, 0.15) is 130 Å². The monoisotopic (exact) mass is 889 g/mol. The number of fused-ring (bicyclic) bond motifs is 3. The molecule has 283 valence electrons. The average Bonchev–Trinajstić information content (AvgIpc) is 3.66. The van der Waals surface area contributed by atoms with Crippen LogP contribution in [0.5, 0.6) is 0 Å². The van der Waals surface area contributed by atoms with Gasteiger partial charge in [0.1, 0.15) is 17.1 Å². The van der Waals surface area contributed by atoms with Crippen LogP contribution in [0.4, 0.5) is 0 Å². The van der Waals surface area contributed by atoms with Crippen molar-refractivity contribution in [3.8, 4) is 11.3 Å². The van der Waals surface area contributed by atoms with Gasteiger partial charge in [0.25, 0.3) is 0 Å². The van der Waals surface area contributed by atoms with E-state index in [1.165, 1.54) is 39.3 Å². The van der Waals surface area contributed by atoms with E-state index in [-0.39, 0.29) is 53.3 Å². The third-order valence-electron chi connectivity index (χ3n) is 12.0. The van der Waals surface area contributed by atoms with Crippen LogP contribution in [0.15, 0.2) is 83.1 Å². The zero-order valence-electron chi connectivity index (χ0n) is 33.9. The molecule has 4 nitrogen and oxygen atoms in total. The Labute approximate surface area is 331 Å². The number of benzene rings is 3. The van der Waals surface area contributed by atoms with Gasteiger partial charge in [0, 0.05) is 65.3 Å². The van der Waals surface area contributed by atoms with E-state index < -0.39 is 0 Å². The maximum atomic E-state index is 12.2. The summed E-state index contributed by atoms with van der Waals surface area (Å²) in [5, 5.41) is 13.7. The molecule has 2 heterocycles. The molecule has 0 saturated heterocycles. The Kier molecular flexibility index (Phi) is 12.6. The minimum absolute atomic E-state index is 0. The van der Waals surface area contributed by atoms with Crippen LogP contribution in [0.25, 0.3) is 44.6 Å². The van der Waals surface area contributed by atoms with Gasteiger partial charge in [-0.2, -0.15) is 0 Å². The van der Waals surface area contributed by atoms with Crippen LogP contribution in [-0.2, 0) is 35.7 Å². The predicted octanol–water partition coefficient (Wildman–Crippen LogP) is 13.5. The first kappa shape index (κ1) is 42.0. The van der Waals surface area contributed by atoms with E-state index in [0.29, 0.717) is 0 Å². The molecular formula is C48H58IrNO3-. The largest absolute Gasteiger partial charge is 0.512 e. The van der Waals surface area contributed by atoms with E-state index in [9.17, 15) is 9.90 Å². The number of aliphatic hydroxyl groups excluding tert-OH is 1. The van der Waals surface area contributed by atoms with Crippen LogP contribution in [-0.4, -0.2) is 15.9 Å². The zero-order valence-corrected chi connectivity index (χ0v) is 36.3. The second-order valence-electron chi connectivity index (χ2n) is 16.8. The Morgan fingerprint density at radius 1 is 0.887 bits per heavy atom. The molecule has 53 heavy (non-hydrogen) atoms. The van der Waals surface area contributed by atoms with Gasteiger partial charge in [-0.25, -0.2) is 0 Å². The number of hydrogen-bond acceptors (Lipinski definition) is 4. The summed E-state index contributed by atoms with van der Waals surface area (Å²) in [6.07, 6.45) is 8.95. The number of carbonyl (C=O) groups excluding carboxylic acids is 1. The van der Waals surface area contributed by atoms with Crippen LogP contribution in [0.3, 0.4) is 0 Å². The van der Waals surface area contributed by atoms with E-state index in [4.69, 9.17) is 9.40 Å². The van der Waals surface area contributed by atoms with E-state index in [0.717, 1.165) is 59.1 Å². The Bertz CT molecular complexity index is 2170. The molecule has 0 amide bonds. The minimum Gasteiger partial charge on any atom is -0.512 e. The van der Waals surface area contributed by atoms with Crippen LogP contribution >= 0.6 is 0 Å². The van der Waals surface area contributed by atoms with Crippen molar-refractivity contribution >= 4 is 39.2 Å². The van der Waals surface area contributed by atoms with Gasteiger partial charge in [-0.15, -0.1) is 29.1 Å². The van der Waals surface area contributed by atoms with Gasteiger partial charge in [0.05, 0.1) is 0 Å². The number of aromatic nitrogens is 1. The van der Waals surface area contributed by atoms with Crippen molar-refractivity contribution in [1.82, 2.24) is 4.98 Å². The van der Waals surface area contributed by atoms with Crippen molar-refractivity contribution in [1.29, 1.82) is 0 Å². The molecule has 3 aromatic carbocycles. The summed E-state index contributed by atoms with van der Waals surface area (Å²) in [6, 6.07) is 25.2. The molecule has 5 aromatic rings. The van der Waals surface area contributed by atoms with Crippen molar-refractivity contribution in [2.75, 3.05) is 0 Å². The van der Waals surface area contributed by atoms with Crippen molar-refractivity contribution in [2.45, 2.75) is 120 Å². The number of furan rings is 1. The molecule has 0 unspecified atom stereocenters. The molecule has 2 aromatic heterocycles. The Morgan fingerprint density at radius 3 is 2.15 bits per heavy atom. The van der Waals surface area contributed by atoms with E-state index in [1.54, 1.807) is 0 Å². The molecular weight excluding hydrogens is 831 g/mol. The first-order valence-electron chi connectivity index (χ1n) is 19.1. The van der Waals surface area contributed by atoms with E-state index in [1.807, 2.05) is 47.7 Å². The van der Waals surface area contributed by atoms with Gasteiger partial charge in [-0.05, 0) is 79.0 Å². The Balaban J connectivity index is 0.000000299. The number of aryl methyl sites for hydroxylation is 1. The number of rotatable bonds is 9. The fourth-order valence-electron chi connectivity index (χ4n) is 7.24. The standard InChI is InChI=1S/C33H30NO.C15H28O2.Ir/c1-20-11-12-22-19-29(35-28(22)15-20)27-17-23-13-14-34-31(30(23)33(27,5)6)24-16-21-9-7-8-10-25(21)26(18-24)32(2,3)4;1-7-14(5,8-2)12(16)11-13(17)15(6,9-3)10-4;/h7-15,17-19H,1-6H3;11,16H,7-10H2,1-6H3;/q-1;;/b;12-11-;. The van der Waals surface area contributed by atoms with Gasteiger partial charge in [0.15, 0.2) is 5.78 Å². The molecule has 1 radical (unpaired) electrons. The smallest absolute Gasteiger partial charge is 0.164 e. The Hall–Kier alpha value is -3.79. The number of carbonyl (C=O) groups is 1. The first-order chi connectivity index (χ1) is 24.4. The first-order valence-corrected chi connectivity index (χ1v) is 19.1. The molecule has 0 fully saturated rings. The molecule has 0 atom stereocenters. The zero-order chi connectivity index (χ0) is 38.2. The molecule has 0 spiro atoms. The number of nitrogens with zero attached hydrogens (tertiary/aromatic N) is 1. The van der Waals surface area contributed by atoms with Crippen molar-refractivity contribution in [3.05, 3.63) is 113 Å². The average molecular weight is 889 g/mol. The molecule has 5 heteroatoms.